The third-order valence-corrected chi connectivity index (χ3v) is 7.08. The molecule has 1 aromatic heterocycles. The number of amides is 3. The van der Waals surface area contributed by atoms with E-state index >= 15 is 0 Å². The highest BCUT2D eigenvalue weighted by atomic mass is 16.5. The molecule has 3 fully saturated rings. The first-order valence-corrected chi connectivity index (χ1v) is 12.5. The topological polar surface area (TPSA) is 136 Å². The summed E-state index contributed by atoms with van der Waals surface area (Å²) in [6, 6.07) is 8.00. The molecule has 1 aromatic carbocycles. The maximum absolute atomic E-state index is 13.1. The maximum Gasteiger partial charge on any atom is 0.268 e. The van der Waals surface area contributed by atoms with Crippen molar-refractivity contribution in [2.24, 2.45) is 17.8 Å². The summed E-state index contributed by atoms with van der Waals surface area (Å²) < 4.78 is 5.96. The monoisotopic (exact) mass is 477 g/mol. The largest absolute Gasteiger partial charge is 0.493 e. The number of nitrogens with zero attached hydrogens (tertiary/aromatic N) is 1. The molecular formula is C26H31N5O4. The molecule has 9 nitrogen and oxygen atoms in total. The summed E-state index contributed by atoms with van der Waals surface area (Å²) >= 11 is 0. The van der Waals surface area contributed by atoms with Crippen LogP contribution in [0.15, 0.2) is 24.3 Å². The van der Waals surface area contributed by atoms with Crippen LogP contribution in [0.3, 0.4) is 0 Å². The molecule has 4 N–H and O–H groups in total. The van der Waals surface area contributed by atoms with E-state index in [1.807, 2.05) is 18.2 Å². The van der Waals surface area contributed by atoms with Crippen LogP contribution in [0, 0.1) is 29.1 Å². The van der Waals surface area contributed by atoms with Gasteiger partial charge in [-0.3, -0.25) is 14.4 Å². The van der Waals surface area contributed by atoms with Gasteiger partial charge in [0.25, 0.3) is 5.91 Å². The number of aromatic amines is 1. The number of benzene rings is 1. The highest BCUT2D eigenvalue weighted by molar-refractivity contribution is 6.01. The van der Waals surface area contributed by atoms with Gasteiger partial charge in [0, 0.05) is 23.4 Å². The molecule has 0 spiro atoms. The summed E-state index contributed by atoms with van der Waals surface area (Å²) in [7, 11) is 0. The Labute approximate surface area is 204 Å². The van der Waals surface area contributed by atoms with Crippen molar-refractivity contribution in [3.8, 4) is 11.8 Å². The van der Waals surface area contributed by atoms with Crippen molar-refractivity contribution < 1.29 is 19.1 Å². The van der Waals surface area contributed by atoms with Crippen LogP contribution in [0.1, 0.15) is 55.4 Å². The lowest BCUT2D eigenvalue weighted by molar-refractivity contribution is -0.125. The van der Waals surface area contributed by atoms with Crippen molar-refractivity contribution in [3.05, 3.63) is 30.0 Å². The van der Waals surface area contributed by atoms with Gasteiger partial charge in [-0.15, -0.1) is 0 Å². The van der Waals surface area contributed by atoms with E-state index in [1.54, 1.807) is 6.07 Å². The Morgan fingerprint density at radius 2 is 1.91 bits per heavy atom. The van der Waals surface area contributed by atoms with Gasteiger partial charge in [-0.1, -0.05) is 18.9 Å². The van der Waals surface area contributed by atoms with Crippen molar-refractivity contribution in [2.45, 2.75) is 57.0 Å². The molecule has 2 heterocycles. The fourth-order valence-electron chi connectivity index (χ4n) is 4.59. The van der Waals surface area contributed by atoms with E-state index in [9.17, 15) is 19.6 Å². The molecule has 2 saturated carbocycles. The summed E-state index contributed by atoms with van der Waals surface area (Å²) in [5.41, 5.74) is 1.15. The van der Waals surface area contributed by atoms with Crippen LogP contribution in [-0.2, 0) is 9.59 Å². The average molecular weight is 478 g/mol. The number of nitriles is 1. The van der Waals surface area contributed by atoms with E-state index in [2.05, 4.69) is 27.0 Å². The molecule has 9 heteroatoms. The van der Waals surface area contributed by atoms with Gasteiger partial charge in [0.2, 0.25) is 11.8 Å². The minimum atomic E-state index is -0.783. The molecular weight excluding hydrogens is 446 g/mol. The van der Waals surface area contributed by atoms with Gasteiger partial charge in [0.15, 0.2) is 0 Å². The number of aromatic nitrogens is 1. The summed E-state index contributed by atoms with van der Waals surface area (Å²) in [5, 5.41) is 18.7. The van der Waals surface area contributed by atoms with Gasteiger partial charge in [-0.2, -0.15) is 5.26 Å². The van der Waals surface area contributed by atoms with Gasteiger partial charge in [0.05, 0.1) is 12.7 Å². The van der Waals surface area contributed by atoms with E-state index in [0.29, 0.717) is 43.5 Å². The number of hydrogen-bond acceptors (Lipinski definition) is 5. The smallest absolute Gasteiger partial charge is 0.268 e. The highest BCUT2D eigenvalue weighted by Gasteiger charge is 2.33. The van der Waals surface area contributed by atoms with Gasteiger partial charge >= 0.3 is 0 Å². The van der Waals surface area contributed by atoms with Gasteiger partial charge in [-0.25, -0.2) is 0 Å². The molecule has 0 bridgehead atoms. The molecule has 3 aliphatic rings. The number of carbonyl (C=O) groups excluding carboxylic acids is 3. The first-order chi connectivity index (χ1) is 17.0. The fraction of sp³-hybridized carbons (Fsp3) is 0.538. The standard InChI is InChI=1S/C26H31N5O4/c27-13-18(11-17-8-9-28-24(17)32)29-25(33)21(10-15-4-5-15)31-26(34)22-12-19-20(30-22)2-1-3-23(19)35-14-16-6-7-16/h1-3,12,15-18,21,30H,4-11,14H2,(H,28,32)(H,29,33)(H,31,34)/t17-,18-,21-/m0/s1. The van der Waals surface area contributed by atoms with E-state index in [-0.39, 0.29) is 30.1 Å². The Hall–Kier alpha value is -3.54. The SMILES string of the molecule is N#C[C@H](C[C@@H]1CCNC1=O)NC(=O)[C@H](CC1CC1)NC(=O)c1cc2c(OCC3CC3)cccc2[nH]1. The number of nitrogens with one attached hydrogen (secondary N) is 4. The number of fused-ring (bicyclic) bond motifs is 1. The second kappa shape index (κ2) is 9.98. The second-order valence-electron chi connectivity index (χ2n) is 10.1. The zero-order valence-electron chi connectivity index (χ0n) is 19.6. The minimum absolute atomic E-state index is 0.0818. The molecule has 2 aliphatic carbocycles. The van der Waals surface area contributed by atoms with Crippen molar-refractivity contribution in [1.82, 2.24) is 20.9 Å². The summed E-state index contributed by atoms with van der Waals surface area (Å²) in [4.78, 5) is 41.2. The van der Waals surface area contributed by atoms with Crippen LogP contribution >= 0.6 is 0 Å². The summed E-state index contributed by atoms with van der Waals surface area (Å²) in [6.45, 7) is 1.27. The molecule has 0 radical (unpaired) electrons. The van der Waals surface area contributed by atoms with Gasteiger partial charge in [-0.05, 0) is 62.1 Å². The highest BCUT2D eigenvalue weighted by Crippen LogP contribution is 2.34. The van der Waals surface area contributed by atoms with Crippen molar-refractivity contribution in [2.75, 3.05) is 13.2 Å². The van der Waals surface area contributed by atoms with E-state index in [4.69, 9.17) is 4.74 Å². The van der Waals surface area contributed by atoms with Crippen LogP contribution in [0.25, 0.3) is 10.9 Å². The number of H-pyrrole nitrogens is 1. The van der Waals surface area contributed by atoms with Crippen LogP contribution in [0.5, 0.6) is 5.75 Å². The van der Waals surface area contributed by atoms with Gasteiger partial charge in [0.1, 0.15) is 23.5 Å². The zero-order chi connectivity index (χ0) is 24.4. The number of rotatable bonds is 11. The van der Waals surface area contributed by atoms with E-state index in [0.717, 1.165) is 29.5 Å². The minimum Gasteiger partial charge on any atom is -0.493 e. The summed E-state index contributed by atoms with van der Waals surface area (Å²) in [6.07, 6.45) is 5.89. The molecule has 1 aliphatic heterocycles. The molecule has 2 aromatic rings. The maximum atomic E-state index is 13.1. The average Bonchev–Trinajstić information content (AvgIpc) is 3.77. The van der Waals surface area contributed by atoms with Gasteiger partial charge < -0.3 is 25.7 Å². The van der Waals surface area contributed by atoms with Crippen LogP contribution in [-0.4, -0.2) is 47.9 Å². The number of ether oxygens (including phenoxy) is 1. The Balaban J connectivity index is 1.25. The van der Waals surface area contributed by atoms with E-state index < -0.39 is 12.1 Å². The fourth-order valence-corrected chi connectivity index (χ4v) is 4.59. The normalized spacial score (nSPS) is 21.1. The number of carbonyl (C=O) groups is 3. The third-order valence-electron chi connectivity index (χ3n) is 7.08. The molecule has 1 saturated heterocycles. The van der Waals surface area contributed by atoms with Crippen molar-refractivity contribution in [3.63, 3.8) is 0 Å². The first kappa shape index (κ1) is 23.2. The third kappa shape index (κ3) is 5.76. The first-order valence-electron chi connectivity index (χ1n) is 12.5. The molecule has 5 rings (SSSR count). The van der Waals surface area contributed by atoms with Crippen LogP contribution in [0.2, 0.25) is 0 Å². The van der Waals surface area contributed by atoms with Crippen molar-refractivity contribution in [1.29, 1.82) is 5.26 Å². The Bertz CT molecular complexity index is 1160. The Morgan fingerprint density at radius 1 is 1.11 bits per heavy atom. The molecule has 3 amide bonds. The van der Waals surface area contributed by atoms with Crippen LogP contribution in [0.4, 0.5) is 0 Å². The quantitative estimate of drug-likeness (QED) is 0.394. The lowest BCUT2D eigenvalue weighted by Gasteiger charge is -2.21. The van der Waals surface area contributed by atoms with Crippen LogP contribution < -0.4 is 20.7 Å². The molecule has 3 atom stereocenters. The molecule has 35 heavy (non-hydrogen) atoms. The predicted molar refractivity (Wildman–Crippen MR) is 128 cm³/mol. The Morgan fingerprint density at radius 3 is 2.60 bits per heavy atom. The summed E-state index contributed by atoms with van der Waals surface area (Å²) in [5.74, 6) is 0.621. The predicted octanol–water partition coefficient (Wildman–Crippen LogP) is 2.39. The number of hydrogen-bond donors (Lipinski definition) is 4. The lowest BCUT2D eigenvalue weighted by atomic mass is 9.98. The zero-order valence-corrected chi connectivity index (χ0v) is 19.6. The Kier molecular flexibility index (Phi) is 6.62. The van der Waals surface area contributed by atoms with Crippen molar-refractivity contribution >= 4 is 28.6 Å². The lowest BCUT2D eigenvalue weighted by Crippen LogP contribution is -2.50. The molecule has 184 valence electrons. The second-order valence-corrected chi connectivity index (χ2v) is 10.1. The van der Waals surface area contributed by atoms with E-state index in [1.165, 1.54) is 12.8 Å². The molecule has 0 unspecified atom stereocenters.